The first-order chi connectivity index (χ1) is 21.2. The van der Waals surface area contributed by atoms with Crippen molar-refractivity contribution in [1.82, 2.24) is 14.7 Å². The molecule has 10 heteroatoms. The lowest BCUT2D eigenvalue weighted by Crippen LogP contribution is -2.44. The lowest BCUT2D eigenvalue weighted by atomic mass is 9.93. The van der Waals surface area contributed by atoms with Crippen LogP contribution in [-0.2, 0) is 25.7 Å². The van der Waals surface area contributed by atoms with E-state index in [2.05, 4.69) is 0 Å². The normalized spacial score (nSPS) is 14.1. The topological polar surface area (TPSA) is 115 Å². The molecule has 0 bridgehead atoms. The van der Waals surface area contributed by atoms with Gasteiger partial charge < -0.3 is 9.47 Å². The number of carbonyl (C=O) groups is 3. The third-order valence-corrected chi connectivity index (χ3v) is 7.21. The van der Waals surface area contributed by atoms with Gasteiger partial charge in [-0.2, -0.15) is 10.4 Å². The Bertz CT molecular complexity index is 1820. The van der Waals surface area contributed by atoms with Crippen LogP contribution in [0.3, 0.4) is 0 Å². The molecule has 0 radical (unpaired) electrons. The van der Waals surface area contributed by atoms with Gasteiger partial charge in [0.05, 0.1) is 17.9 Å². The number of nitriles is 1. The molecule has 0 saturated carbocycles. The van der Waals surface area contributed by atoms with Crippen molar-refractivity contribution >= 4 is 35.5 Å². The second-order valence-corrected chi connectivity index (χ2v) is 10.4. The molecule has 2 heterocycles. The van der Waals surface area contributed by atoms with Gasteiger partial charge in [0.2, 0.25) is 0 Å². The number of hydrogen-bond acceptors (Lipinski definition) is 7. The zero-order chi connectivity index (χ0) is 31.2. The van der Waals surface area contributed by atoms with Crippen molar-refractivity contribution in [1.29, 1.82) is 5.26 Å². The van der Waals surface area contributed by atoms with Crippen LogP contribution in [0.5, 0.6) is 5.75 Å². The van der Waals surface area contributed by atoms with Gasteiger partial charge in [-0.25, -0.2) is 4.68 Å². The summed E-state index contributed by atoms with van der Waals surface area (Å²) in [5.74, 6) is -1.20. The van der Waals surface area contributed by atoms with Crippen LogP contribution in [0, 0.1) is 11.3 Å². The number of benzene rings is 3. The number of carbonyl (C=O) groups excluding carboxylic acids is 3. The number of imide groups is 1. The maximum absolute atomic E-state index is 13.6. The van der Waals surface area contributed by atoms with Crippen LogP contribution < -0.4 is 4.74 Å². The monoisotopic (exact) mass is 606 g/mol. The van der Waals surface area contributed by atoms with Gasteiger partial charge in [0.25, 0.3) is 11.8 Å². The number of nitrogens with zero attached hydrogens (tertiary/aromatic N) is 4. The Morgan fingerprint density at radius 1 is 1.00 bits per heavy atom. The Balaban J connectivity index is 1.51. The number of para-hydroxylation sites is 1. The number of rotatable bonds is 9. The fourth-order valence-electron chi connectivity index (χ4n) is 4.66. The average molecular weight is 607 g/mol. The van der Waals surface area contributed by atoms with Crippen LogP contribution in [0.4, 0.5) is 0 Å². The van der Waals surface area contributed by atoms with Crippen molar-refractivity contribution in [2.45, 2.75) is 20.5 Å². The van der Waals surface area contributed by atoms with Gasteiger partial charge in [-0.1, -0.05) is 41.9 Å². The van der Waals surface area contributed by atoms with Gasteiger partial charge >= 0.3 is 5.97 Å². The Kier molecular flexibility index (Phi) is 9.03. The number of amides is 2. The van der Waals surface area contributed by atoms with Crippen molar-refractivity contribution in [3.05, 3.63) is 118 Å². The van der Waals surface area contributed by atoms with Crippen LogP contribution in [-0.4, -0.2) is 45.6 Å². The Hall–Kier alpha value is -5.46. The molecule has 4 aromatic rings. The number of esters is 1. The first-order valence-corrected chi connectivity index (χ1v) is 14.1. The van der Waals surface area contributed by atoms with E-state index in [9.17, 15) is 19.6 Å². The lowest BCUT2D eigenvalue weighted by Gasteiger charge is -2.27. The zero-order valence-corrected chi connectivity index (χ0v) is 24.7. The van der Waals surface area contributed by atoms with Crippen LogP contribution in [0.25, 0.3) is 23.0 Å². The molecular weight excluding hydrogens is 580 g/mol. The van der Waals surface area contributed by atoms with Crippen molar-refractivity contribution in [2.24, 2.45) is 0 Å². The largest absolute Gasteiger partial charge is 0.489 e. The van der Waals surface area contributed by atoms with E-state index in [0.29, 0.717) is 28.6 Å². The zero-order valence-electron chi connectivity index (χ0n) is 24.0. The second-order valence-electron chi connectivity index (χ2n) is 9.92. The van der Waals surface area contributed by atoms with E-state index in [1.54, 1.807) is 23.9 Å². The molecule has 220 valence electrons. The van der Waals surface area contributed by atoms with Gasteiger partial charge in [-0.15, -0.1) is 0 Å². The molecule has 1 aliphatic heterocycles. The lowest BCUT2D eigenvalue weighted by molar-refractivity contribution is -0.147. The summed E-state index contributed by atoms with van der Waals surface area (Å²) in [5.41, 5.74) is 3.99. The number of aromatic nitrogens is 2. The fraction of sp³-hybridized carbons (Fsp3) is 0.147. The van der Waals surface area contributed by atoms with E-state index >= 15 is 0 Å². The third-order valence-electron chi connectivity index (χ3n) is 6.96. The molecule has 0 unspecified atom stereocenters. The predicted molar refractivity (Wildman–Crippen MR) is 164 cm³/mol. The molecule has 9 nitrogen and oxygen atoms in total. The summed E-state index contributed by atoms with van der Waals surface area (Å²) in [6.07, 6.45) is 3.42. The Morgan fingerprint density at radius 3 is 2.36 bits per heavy atom. The van der Waals surface area contributed by atoms with Crippen molar-refractivity contribution in [3.8, 4) is 28.8 Å². The highest BCUT2D eigenvalue weighted by Gasteiger charge is 2.35. The summed E-state index contributed by atoms with van der Waals surface area (Å²) in [6, 6.07) is 26.3. The summed E-state index contributed by atoms with van der Waals surface area (Å²) in [6.45, 7) is 2.82. The molecule has 1 aromatic heterocycles. The smallest absolute Gasteiger partial charge is 0.302 e. The summed E-state index contributed by atoms with van der Waals surface area (Å²) in [7, 11) is 0. The molecule has 0 atom stereocenters. The van der Waals surface area contributed by atoms with Crippen molar-refractivity contribution in [2.75, 3.05) is 13.2 Å². The highest BCUT2D eigenvalue weighted by Crippen LogP contribution is 2.32. The summed E-state index contributed by atoms with van der Waals surface area (Å²) in [4.78, 5) is 38.7. The maximum atomic E-state index is 13.6. The number of ether oxygens (including phenoxy) is 2. The second kappa shape index (κ2) is 13.2. The van der Waals surface area contributed by atoms with Gasteiger partial charge in [0.15, 0.2) is 0 Å². The van der Waals surface area contributed by atoms with Gasteiger partial charge in [0, 0.05) is 34.8 Å². The molecule has 0 N–H and O–H groups in total. The van der Waals surface area contributed by atoms with Gasteiger partial charge in [0.1, 0.15) is 30.6 Å². The molecule has 0 fully saturated rings. The minimum atomic E-state index is -0.728. The Morgan fingerprint density at radius 2 is 1.70 bits per heavy atom. The molecule has 0 spiro atoms. The fourth-order valence-corrected chi connectivity index (χ4v) is 4.78. The quantitative estimate of drug-likeness (QED) is 0.132. The first-order valence-electron chi connectivity index (χ1n) is 13.7. The van der Waals surface area contributed by atoms with Crippen LogP contribution >= 0.6 is 11.6 Å². The Labute approximate surface area is 259 Å². The highest BCUT2D eigenvalue weighted by atomic mass is 35.5. The average Bonchev–Trinajstić information content (AvgIpc) is 3.45. The molecule has 3 aromatic carbocycles. The van der Waals surface area contributed by atoms with E-state index < -0.39 is 17.8 Å². The summed E-state index contributed by atoms with van der Waals surface area (Å²) < 4.78 is 12.6. The van der Waals surface area contributed by atoms with E-state index in [1.165, 1.54) is 6.92 Å². The van der Waals surface area contributed by atoms with Gasteiger partial charge in [-0.05, 0) is 72.7 Å². The first kappa shape index (κ1) is 30.0. The van der Waals surface area contributed by atoms with Gasteiger partial charge in [-0.3, -0.25) is 19.3 Å². The molecule has 44 heavy (non-hydrogen) atoms. The third kappa shape index (κ3) is 6.61. The van der Waals surface area contributed by atoms with Crippen molar-refractivity contribution in [3.63, 3.8) is 0 Å². The van der Waals surface area contributed by atoms with E-state index in [0.717, 1.165) is 21.7 Å². The highest BCUT2D eigenvalue weighted by molar-refractivity contribution is 6.30. The van der Waals surface area contributed by atoms with E-state index in [-0.39, 0.29) is 29.9 Å². The maximum Gasteiger partial charge on any atom is 0.302 e. The number of halogens is 1. The summed E-state index contributed by atoms with van der Waals surface area (Å²) in [5, 5.41) is 15.2. The molecule has 0 aliphatic carbocycles. The van der Waals surface area contributed by atoms with E-state index in [1.807, 2.05) is 84.9 Å². The molecular formula is C34H27ClN4O5. The molecule has 2 amide bonds. The SMILES string of the molecule is CC(=O)OCCN1C(=O)C(C#N)=C(C)/C(=C\c2cn(-c3ccccc3)nc2-c2ccc(OCc3ccc(Cl)cc3)cc2)C1=O. The molecule has 0 saturated heterocycles. The standard InChI is InChI=1S/C34H27ClN4O5/c1-22-30(33(41)38(16-17-43-23(2)40)34(42)31(22)19-36)18-26-20-39(28-6-4-3-5-7-28)37-32(26)25-10-14-29(15-11-25)44-21-24-8-12-27(35)13-9-24/h3-15,18,20H,16-17,21H2,1-2H3/b30-18+. The predicted octanol–water partition coefficient (Wildman–Crippen LogP) is 5.93. The summed E-state index contributed by atoms with van der Waals surface area (Å²) >= 11 is 5.97. The minimum Gasteiger partial charge on any atom is -0.489 e. The van der Waals surface area contributed by atoms with E-state index in [4.69, 9.17) is 26.2 Å². The molecule has 1 aliphatic rings. The van der Waals surface area contributed by atoms with Crippen LogP contribution in [0.2, 0.25) is 5.02 Å². The van der Waals surface area contributed by atoms with Crippen molar-refractivity contribution < 1.29 is 23.9 Å². The van der Waals surface area contributed by atoms with Crippen LogP contribution in [0.15, 0.2) is 102 Å². The molecule has 5 rings (SSSR count). The minimum absolute atomic E-state index is 0.155. The van der Waals surface area contributed by atoms with Crippen LogP contribution in [0.1, 0.15) is 25.0 Å². The number of hydrogen-bond donors (Lipinski definition) is 0.